The minimum Gasteiger partial charge on any atom is -0.311 e. The number of rotatable bonds is 11. The second-order valence-electron chi connectivity index (χ2n) is 16.1. The van der Waals surface area contributed by atoms with Gasteiger partial charge >= 0.3 is 0 Å². The van der Waals surface area contributed by atoms with Gasteiger partial charge in [0.05, 0.1) is 11.4 Å². The van der Waals surface area contributed by atoms with Crippen LogP contribution in [0.1, 0.15) is 0 Å². The highest BCUT2D eigenvalue weighted by atomic mass is 15.2. The predicted octanol–water partition coefficient (Wildman–Crippen LogP) is 17.7. The van der Waals surface area contributed by atoms with Crippen molar-refractivity contribution in [2.75, 3.05) is 14.7 Å². The van der Waals surface area contributed by atoms with Gasteiger partial charge in [-0.3, -0.25) is 0 Å². The van der Waals surface area contributed by atoms with Crippen LogP contribution in [0.4, 0.5) is 51.2 Å². The highest BCUT2D eigenvalue weighted by Crippen LogP contribution is 2.45. The summed E-state index contributed by atoms with van der Waals surface area (Å²) in [5.41, 5.74) is 14.8. The van der Waals surface area contributed by atoms with E-state index >= 15 is 0 Å². The van der Waals surface area contributed by atoms with Gasteiger partial charge in [0.2, 0.25) is 0 Å². The van der Waals surface area contributed by atoms with Gasteiger partial charge in [-0.15, -0.1) is 0 Å². The minimum atomic E-state index is 1.09. The molecule has 308 valence electrons. The molecule has 0 radical (unpaired) electrons. The van der Waals surface area contributed by atoms with E-state index in [2.05, 4.69) is 288 Å². The smallest absolute Gasteiger partial charge is 0.0540 e. The molecule has 0 aliphatic heterocycles. The van der Waals surface area contributed by atoms with Gasteiger partial charge in [-0.05, 0) is 130 Å². The summed E-state index contributed by atoms with van der Waals surface area (Å²) < 4.78 is 0. The van der Waals surface area contributed by atoms with Gasteiger partial charge in [0.1, 0.15) is 0 Å². The molecule has 11 aromatic carbocycles. The van der Waals surface area contributed by atoms with Crippen molar-refractivity contribution in [1.82, 2.24) is 0 Å². The quantitative estimate of drug-likeness (QED) is 0.129. The Hall–Kier alpha value is -8.66. The van der Waals surface area contributed by atoms with Crippen LogP contribution in [-0.4, -0.2) is 0 Å². The minimum absolute atomic E-state index is 1.09. The first kappa shape index (κ1) is 39.2. The lowest BCUT2D eigenvalue weighted by Gasteiger charge is -2.28. The molecule has 0 heterocycles. The normalized spacial score (nSPS) is 11.1. The van der Waals surface area contributed by atoms with Gasteiger partial charge in [-0.1, -0.05) is 176 Å². The number of fused-ring (bicyclic) bond motifs is 2. The van der Waals surface area contributed by atoms with E-state index in [4.69, 9.17) is 0 Å². The van der Waals surface area contributed by atoms with Crippen molar-refractivity contribution >= 4 is 72.7 Å². The first-order chi connectivity index (χ1) is 32.3. The van der Waals surface area contributed by atoms with Crippen molar-refractivity contribution in [3.8, 4) is 22.3 Å². The number of nitrogens with zero attached hydrogens (tertiary/aromatic N) is 3. The van der Waals surface area contributed by atoms with Gasteiger partial charge in [-0.25, -0.2) is 0 Å². The van der Waals surface area contributed by atoms with Crippen molar-refractivity contribution in [1.29, 1.82) is 0 Å². The van der Waals surface area contributed by atoms with E-state index in [0.29, 0.717) is 0 Å². The molecule has 3 nitrogen and oxygen atoms in total. The molecule has 0 saturated heterocycles. The lowest BCUT2D eigenvalue weighted by molar-refractivity contribution is 1.28. The summed E-state index contributed by atoms with van der Waals surface area (Å²) in [5.74, 6) is 0. The molecule has 0 fully saturated rings. The number of benzene rings is 11. The van der Waals surface area contributed by atoms with E-state index in [-0.39, 0.29) is 0 Å². The van der Waals surface area contributed by atoms with Crippen molar-refractivity contribution in [3.63, 3.8) is 0 Å². The predicted molar refractivity (Wildman–Crippen MR) is 276 cm³/mol. The van der Waals surface area contributed by atoms with Crippen LogP contribution < -0.4 is 14.7 Å². The van der Waals surface area contributed by atoms with Gasteiger partial charge in [0.25, 0.3) is 0 Å². The fourth-order valence-corrected chi connectivity index (χ4v) is 9.23. The number of anilines is 9. The number of hydrogen-bond donors (Lipinski definition) is 0. The fourth-order valence-electron chi connectivity index (χ4n) is 9.23. The van der Waals surface area contributed by atoms with Gasteiger partial charge in [-0.2, -0.15) is 0 Å². The monoisotopic (exact) mass is 831 g/mol. The molecule has 11 aromatic rings. The Morgan fingerprint density at radius 2 is 0.415 bits per heavy atom. The molecule has 0 saturated carbocycles. The third-order valence-corrected chi connectivity index (χ3v) is 12.2. The van der Waals surface area contributed by atoms with Crippen LogP contribution in [0.3, 0.4) is 0 Å². The molecule has 0 bridgehead atoms. The summed E-state index contributed by atoms with van der Waals surface area (Å²) in [6.45, 7) is 0. The van der Waals surface area contributed by atoms with Crippen LogP contribution in [0.15, 0.2) is 273 Å². The Balaban J connectivity index is 0.945. The maximum atomic E-state index is 2.35. The molecule has 0 unspecified atom stereocenters. The summed E-state index contributed by atoms with van der Waals surface area (Å²) in [6, 6.07) is 97.7. The van der Waals surface area contributed by atoms with Crippen molar-refractivity contribution < 1.29 is 0 Å². The summed E-state index contributed by atoms with van der Waals surface area (Å²) in [4.78, 5) is 7.04. The van der Waals surface area contributed by atoms with Crippen molar-refractivity contribution in [2.24, 2.45) is 0 Å². The van der Waals surface area contributed by atoms with E-state index in [1.807, 2.05) is 0 Å². The molecule has 0 aliphatic rings. The largest absolute Gasteiger partial charge is 0.311 e. The molecule has 0 N–H and O–H groups in total. The van der Waals surface area contributed by atoms with Crippen molar-refractivity contribution in [3.05, 3.63) is 273 Å². The average molecular weight is 832 g/mol. The topological polar surface area (TPSA) is 9.72 Å². The molecule has 0 aliphatic carbocycles. The number of hydrogen-bond acceptors (Lipinski definition) is 3. The van der Waals surface area contributed by atoms with Crippen LogP contribution in [0.5, 0.6) is 0 Å². The van der Waals surface area contributed by atoms with Crippen molar-refractivity contribution in [2.45, 2.75) is 0 Å². The highest BCUT2D eigenvalue weighted by Gasteiger charge is 2.20. The molecule has 3 heteroatoms. The Morgan fingerprint density at radius 1 is 0.169 bits per heavy atom. The zero-order valence-electron chi connectivity index (χ0n) is 35.8. The Kier molecular flexibility index (Phi) is 10.6. The molecule has 0 aromatic heterocycles. The maximum Gasteiger partial charge on any atom is 0.0540 e. The third kappa shape index (κ3) is 7.66. The first-order valence-electron chi connectivity index (χ1n) is 22.2. The SMILES string of the molecule is c1ccc(N(c2ccc(-c3ccc(N(c4ccccc4)c4ccccc4)c4ccccc34)cc2)c2ccc(-c3ccc(N(c4ccccc4)c4ccccc4)c4ccccc34)cc2)cc1. The Morgan fingerprint density at radius 3 is 0.723 bits per heavy atom. The van der Waals surface area contributed by atoms with E-state index in [1.165, 1.54) is 43.8 Å². The van der Waals surface area contributed by atoms with E-state index < -0.39 is 0 Å². The lowest BCUT2D eigenvalue weighted by atomic mass is 9.95. The van der Waals surface area contributed by atoms with E-state index in [9.17, 15) is 0 Å². The molecular formula is C62H45N3. The summed E-state index contributed by atoms with van der Waals surface area (Å²) in [6.07, 6.45) is 0. The average Bonchev–Trinajstić information content (AvgIpc) is 3.39. The van der Waals surface area contributed by atoms with E-state index in [1.54, 1.807) is 0 Å². The van der Waals surface area contributed by atoms with Crippen LogP contribution >= 0.6 is 0 Å². The highest BCUT2D eigenvalue weighted by molar-refractivity contribution is 6.07. The standard InChI is InChI=1S/C62H45N3/c1-6-20-48(21-7-1)63(53-38-34-46(35-39-53)55-42-44-61(59-32-18-16-30-57(55)59)64(49-22-8-2-9-23-49)50-24-10-3-11-25-50)54-40-36-47(37-41-54)56-43-45-62(60-33-19-17-31-58(56)60)65(51-26-12-4-13-27-51)52-28-14-5-15-29-52/h1-45H. The van der Waals surface area contributed by atoms with Gasteiger partial charge < -0.3 is 14.7 Å². The third-order valence-electron chi connectivity index (χ3n) is 12.2. The molecule has 0 atom stereocenters. The van der Waals surface area contributed by atoms with Gasteiger partial charge in [0, 0.05) is 50.6 Å². The summed E-state index contributed by atoms with van der Waals surface area (Å²) in [7, 11) is 0. The van der Waals surface area contributed by atoms with Gasteiger partial charge in [0.15, 0.2) is 0 Å². The number of para-hydroxylation sites is 5. The molecule has 0 amide bonds. The fraction of sp³-hybridized carbons (Fsp3) is 0. The van der Waals surface area contributed by atoms with Crippen LogP contribution in [-0.2, 0) is 0 Å². The zero-order valence-corrected chi connectivity index (χ0v) is 35.8. The zero-order chi connectivity index (χ0) is 43.4. The molecule has 11 rings (SSSR count). The second kappa shape index (κ2) is 17.6. The first-order valence-corrected chi connectivity index (χ1v) is 22.2. The lowest BCUT2D eigenvalue weighted by Crippen LogP contribution is -2.10. The molecule has 65 heavy (non-hydrogen) atoms. The maximum absolute atomic E-state index is 2.35. The molecule has 0 spiro atoms. The van der Waals surface area contributed by atoms with Crippen LogP contribution in [0, 0.1) is 0 Å². The van der Waals surface area contributed by atoms with Crippen LogP contribution in [0.25, 0.3) is 43.8 Å². The second-order valence-corrected chi connectivity index (χ2v) is 16.1. The Labute approximate surface area is 381 Å². The van der Waals surface area contributed by atoms with Crippen LogP contribution in [0.2, 0.25) is 0 Å². The summed E-state index contributed by atoms with van der Waals surface area (Å²) >= 11 is 0. The Bertz CT molecular complexity index is 3050. The molecular weight excluding hydrogens is 787 g/mol. The van der Waals surface area contributed by atoms with E-state index in [0.717, 1.165) is 51.2 Å². The summed E-state index contributed by atoms with van der Waals surface area (Å²) in [5, 5.41) is 4.80.